The first kappa shape index (κ1) is 18.2. The number of carbonyl (C=O) groups is 2. The summed E-state index contributed by atoms with van der Waals surface area (Å²) in [5.41, 5.74) is 4.91. The van der Waals surface area contributed by atoms with Crippen molar-refractivity contribution in [3.05, 3.63) is 0 Å². The summed E-state index contributed by atoms with van der Waals surface area (Å²) < 4.78 is 0.844. The average molecular weight is 249 g/mol. The maximum absolute atomic E-state index is 9.86. The molecule has 0 aromatic rings. The molecule has 0 spiro atoms. The second kappa shape index (κ2) is 8.91. The number of carbonyl (C=O) groups excluding carboxylic acids is 2. The number of likely N-dealkylation sites (N-methyl/N-ethyl adjacent to an activating group) is 1. The summed E-state index contributed by atoms with van der Waals surface area (Å²) >= 11 is 0. The number of carboxylic acids is 2. The number of aliphatic hydroxyl groups is 1. The van der Waals surface area contributed by atoms with Crippen LogP contribution < -0.4 is 15.9 Å². The lowest BCUT2D eigenvalue weighted by molar-refractivity contribution is -0.870. The first-order valence-electron chi connectivity index (χ1n) is 5.17. The number of nitrogens with two attached hydrogens (primary N) is 1. The molecule has 0 amide bonds. The number of quaternary nitrogens is 1. The minimum Gasteiger partial charge on any atom is -0.550 e. The number of aliphatic hydroxyl groups excluding tert-OH is 1. The van der Waals surface area contributed by atoms with Crippen LogP contribution in [0.15, 0.2) is 0 Å². The lowest BCUT2D eigenvalue weighted by Crippen LogP contribution is -2.42. The van der Waals surface area contributed by atoms with Crippen molar-refractivity contribution in [1.82, 2.24) is 0 Å². The predicted molar refractivity (Wildman–Crippen MR) is 57.2 cm³/mol. The molecule has 3 N–H and O–H groups in total. The lowest BCUT2D eigenvalue weighted by atomic mass is 10.2. The van der Waals surface area contributed by atoms with Crippen LogP contribution in [-0.2, 0) is 9.59 Å². The number of hydrogen-bond acceptors (Lipinski definition) is 6. The van der Waals surface area contributed by atoms with E-state index in [4.69, 9.17) is 10.8 Å². The van der Waals surface area contributed by atoms with Gasteiger partial charge in [-0.1, -0.05) is 0 Å². The summed E-state index contributed by atoms with van der Waals surface area (Å²) in [6, 6.07) is -1.21. The highest BCUT2D eigenvalue weighted by atomic mass is 16.4. The van der Waals surface area contributed by atoms with Gasteiger partial charge in [0.05, 0.1) is 33.7 Å². The molecular weight excluding hydrogens is 228 g/mol. The van der Waals surface area contributed by atoms with Crippen molar-refractivity contribution in [3.8, 4) is 0 Å². The van der Waals surface area contributed by atoms with Crippen molar-refractivity contribution in [2.75, 3.05) is 34.3 Å². The van der Waals surface area contributed by atoms with Crippen molar-refractivity contribution in [2.24, 2.45) is 5.73 Å². The van der Waals surface area contributed by atoms with Crippen LogP contribution in [-0.4, -0.2) is 61.9 Å². The van der Waals surface area contributed by atoms with Gasteiger partial charge in [-0.2, -0.15) is 0 Å². The van der Waals surface area contributed by atoms with E-state index >= 15 is 0 Å². The third-order valence-corrected chi connectivity index (χ3v) is 1.73. The van der Waals surface area contributed by atoms with Crippen molar-refractivity contribution >= 4 is 11.9 Å². The monoisotopic (exact) mass is 249 g/mol. The van der Waals surface area contributed by atoms with Gasteiger partial charge in [0.15, 0.2) is 0 Å². The van der Waals surface area contributed by atoms with Crippen LogP contribution in [0.5, 0.6) is 0 Å². The number of hydrogen-bond donors (Lipinski definition) is 2. The standard InChI is InChI=1S/C5H9NO4.C5H14NO/c6-3(5(9)10)1-2-4(7)8;1-6(2,3)4-5-7/h3H,1-2,6H2,(H,7,8)(H,9,10);7H,4-5H2,1-3H3/q;+1/p-2/t3-;/m0./s1. The van der Waals surface area contributed by atoms with Gasteiger partial charge in [0.25, 0.3) is 0 Å². The quantitative estimate of drug-likeness (QED) is 0.466. The first-order chi connectivity index (χ1) is 7.60. The third kappa shape index (κ3) is 17.4. The van der Waals surface area contributed by atoms with Gasteiger partial charge < -0.3 is 35.1 Å². The van der Waals surface area contributed by atoms with E-state index in [1.807, 2.05) is 0 Å². The predicted octanol–water partition coefficient (Wildman–Crippen LogP) is -3.72. The molecule has 0 bridgehead atoms. The molecular formula is C10H21N2O5-. The van der Waals surface area contributed by atoms with Gasteiger partial charge in [-0.25, -0.2) is 0 Å². The zero-order chi connectivity index (χ0) is 14.1. The van der Waals surface area contributed by atoms with Crippen LogP contribution in [0.4, 0.5) is 0 Å². The molecule has 102 valence electrons. The van der Waals surface area contributed by atoms with Gasteiger partial charge in [0, 0.05) is 12.0 Å². The second-order valence-corrected chi connectivity index (χ2v) is 4.57. The molecule has 0 radical (unpaired) electrons. The molecule has 0 aliphatic heterocycles. The normalized spacial score (nSPS) is 12.3. The molecule has 7 nitrogen and oxygen atoms in total. The highest BCUT2D eigenvalue weighted by molar-refractivity contribution is 5.72. The topological polar surface area (TPSA) is 127 Å². The van der Waals surface area contributed by atoms with Crippen LogP contribution in [0.2, 0.25) is 0 Å². The maximum atomic E-state index is 9.86. The summed E-state index contributed by atoms with van der Waals surface area (Å²) in [6.45, 7) is 1.11. The molecule has 17 heavy (non-hydrogen) atoms. The summed E-state index contributed by atoms with van der Waals surface area (Å²) in [5, 5.41) is 28.0. The van der Waals surface area contributed by atoms with E-state index in [2.05, 4.69) is 21.1 Å². The van der Waals surface area contributed by atoms with Crippen LogP contribution in [0.1, 0.15) is 12.8 Å². The molecule has 0 saturated carbocycles. The molecule has 7 heteroatoms. The van der Waals surface area contributed by atoms with Gasteiger partial charge >= 0.3 is 0 Å². The largest absolute Gasteiger partial charge is 0.550 e. The van der Waals surface area contributed by atoms with E-state index in [1.54, 1.807) is 0 Å². The number of aliphatic carboxylic acids is 2. The number of nitrogens with zero attached hydrogens (tertiary/aromatic N) is 1. The zero-order valence-electron chi connectivity index (χ0n) is 10.5. The Balaban J connectivity index is 0. The van der Waals surface area contributed by atoms with Crippen molar-refractivity contribution < 1.29 is 29.4 Å². The maximum Gasteiger partial charge on any atom is 0.101 e. The molecule has 0 saturated heterocycles. The van der Waals surface area contributed by atoms with Gasteiger partial charge in [-0.15, -0.1) is 0 Å². The highest BCUT2D eigenvalue weighted by Gasteiger charge is 2.02. The Hall–Kier alpha value is -1.18. The van der Waals surface area contributed by atoms with E-state index < -0.39 is 18.0 Å². The summed E-state index contributed by atoms with van der Waals surface area (Å²) in [4.78, 5) is 19.6. The van der Waals surface area contributed by atoms with Gasteiger partial charge in [-0.05, 0) is 12.8 Å². The smallest absolute Gasteiger partial charge is 0.101 e. The Morgan fingerprint density at radius 2 is 1.76 bits per heavy atom. The fraction of sp³-hybridized carbons (Fsp3) is 0.800. The number of carboxylic acid groups (broad SMARTS) is 2. The molecule has 0 fully saturated rings. The van der Waals surface area contributed by atoms with E-state index in [9.17, 15) is 19.8 Å². The molecule has 0 aliphatic rings. The van der Waals surface area contributed by atoms with Crippen LogP contribution in [0.3, 0.4) is 0 Å². The Morgan fingerprint density at radius 1 is 1.29 bits per heavy atom. The minimum atomic E-state index is -1.44. The van der Waals surface area contributed by atoms with Gasteiger partial charge in [0.1, 0.15) is 6.54 Å². The molecule has 0 aromatic heterocycles. The van der Waals surface area contributed by atoms with E-state index in [-0.39, 0.29) is 19.4 Å². The highest BCUT2D eigenvalue weighted by Crippen LogP contribution is 1.90. The van der Waals surface area contributed by atoms with Gasteiger partial charge in [-0.3, -0.25) is 0 Å². The SMILES string of the molecule is C[N+](C)(C)CCO.N[C@@H](CCC(=O)[O-])C(=O)[O-]. The number of rotatable bonds is 6. The zero-order valence-corrected chi connectivity index (χ0v) is 10.5. The summed E-state index contributed by atoms with van der Waals surface area (Å²) in [5.74, 6) is -2.75. The Bertz CT molecular complexity index is 237. The average Bonchev–Trinajstić information content (AvgIpc) is 2.12. The van der Waals surface area contributed by atoms with Crippen molar-refractivity contribution in [3.63, 3.8) is 0 Å². The summed E-state index contributed by atoms with van der Waals surface area (Å²) in [6.07, 6.45) is -0.500. The van der Waals surface area contributed by atoms with Crippen molar-refractivity contribution in [1.29, 1.82) is 0 Å². The molecule has 0 aliphatic carbocycles. The Labute approximate surface area is 101 Å². The first-order valence-corrected chi connectivity index (χ1v) is 5.17. The molecule has 0 rings (SSSR count). The Kier molecular flexibility index (Phi) is 9.54. The fourth-order valence-electron chi connectivity index (χ4n) is 0.691. The summed E-state index contributed by atoms with van der Waals surface area (Å²) in [7, 11) is 6.16. The van der Waals surface area contributed by atoms with Crippen LogP contribution >= 0.6 is 0 Å². The van der Waals surface area contributed by atoms with Crippen LogP contribution in [0.25, 0.3) is 0 Å². The van der Waals surface area contributed by atoms with E-state index in [1.165, 1.54) is 0 Å². The molecule has 0 unspecified atom stereocenters. The Morgan fingerprint density at radius 3 is 1.94 bits per heavy atom. The second-order valence-electron chi connectivity index (χ2n) is 4.57. The molecule has 0 heterocycles. The molecule has 0 aromatic carbocycles. The van der Waals surface area contributed by atoms with E-state index in [0.717, 1.165) is 11.0 Å². The van der Waals surface area contributed by atoms with Crippen molar-refractivity contribution in [2.45, 2.75) is 18.9 Å². The third-order valence-electron chi connectivity index (χ3n) is 1.73. The fourth-order valence-corrected chi connectivity index (χ4v) is 0.691. The van der Waals surface area contributed by atoms with Gasteiger partial charge in [0.2, 0.25) is 0 Å². The molecule has 1 atom stereocenters. The van der Waals surface area contributed by atoms with E-state index in [0.29, 0.717) is 0 Å². The van der Waals surface area contributed by atoms with Crippen LogP contribution in [0, 0.1) is 0 Å². The minimum absolute atomic E-state index is 0.148. The lowest BCUT2D eigenvalue weighted by Gasteiger charge is -2.21.